The summed E-state index contributed by atoms with van der Waals surface area (Å²) in [6, 6.07) is 5.22. The molecule has 98 valence electrons. The Labute approximate surface area is 108 Å². The summed E-state index contributed by atoms with van der Waals surface area (Å²) in [5.74, 6) is 1.82. The van der Waals surface area contributed by atoms with E-state index in [1.165, 1.54) is 12.8 Å². The first-order valence-corrected chi connectivity index (χ1v) is 6.96. The lowest BCUT2D eigenvalue weighted by Gasteiger charge is -2.23. The third-order valence-electron chi connectivity index (χ3n) is 3.93. The zero-order chi connectivity index (χ0) is 12.4. The van der Waals surface area contributed by atoms with Crippen LogP contribution in [0, 0.1) is 11.7 Å². The summed E-state index contributed by atoms with van der Waals surface area (Å²) in [5.41, 5.74) is 0.838. The number of halogens is 1. The predicted octanol–water partition coefficient (Wildman–Crippen LogP) is 3.08. The minimum Gasteiger partial charge on any atom is -0.493 e. The van der Waals surface area contributed by atoms with Crippen LogP contribution in [-0.2, 0) is 0 Å². The fraction of sp³-hybridized carbons (Fsp3) is 0.600. The van der Waals surface area contributed by atoms with Crippen molar-refractivity contribution >= 4 is 0 Å². The van der Waals surface area contributed by atoms with Gasteiger partial charge >= 0.3 is 0 Å². The molecule has 0 bridgehead atoms. The third kappa shape index (κ3) is 2.83. The van der Waals surface area contributed by atoms with E-state index in [9.17, 15) is 4.39 Å². The van der Waals surface area contributed by atoms with E-state index >= 15 is 0 Å². The van der Waals surface area contributed by atoms with Crippen molar-refractivity contribution in [2.45, 2.75) is 31.6 Å². The minimum absolute atomic E-state index is 0.0827. The van der Waals surface area contributed by atoms with Crippen LogP contribution in [0.3, 0.4) is 0 Å². The smallest absolute Gasteiger partial charge is 0.126 e. The maximum atomic E-state index is 13.9. The molecule has 2 aliphatic rings. The summed E-state index contributed by atoms with van der Waals surface area (Å²) in [7, 11) is 0. The molecule has 1 aromatic rings. The van der Waals surface area contributed by atoms with E-state index in [-0.39, 0.29) is 5.82 Å². The summed E-state index contributed by atoms with van der Waals surface area (Å²) in [6.45, 7) is 2.76. The first-order valence-electron chi connectivity index (χ1n) is 6.96. The summed E-state index contributed by atoms with van der Waals surface area (Å²) in [5, 5.41) is 3.31. The number of nitrogens with one attached hydrogen (secondary N) is 1. The van der Waals surface area contributed by atoms with E-state index in [4.69, 9.17) is 4.74 Å². The Bertz CT molecular complexity index is 411. The van der Waals surface area contributed by atoms with Crippen molar-refractivity contribution in [3.05, 3.63) is 29.6 Å². The Kier molecular flexibility index (Phi) is 3.50. The molecule has 1 heterocycles. The second-order valence-corrected chi connectivity index (χ2v) is 5.46. The Morgan fingerprint density at radius 3 is 2.67 bits per heavy atom. The summed E-state index contributed by atoms with van der Waals surface area (Å²) >= 11 is 0. The number of rotatable bonds is 4. The maximum absolute atomic E-state index is 13.9. The van der Waals surface area contributed by atoms with E-state index in [1.54, 1.807) is 12.1 Å². The van der Waals surface area contributed by atoms with Crippen molar-refractivity contribution < 1.29 is 9.13 Å². The van der Waals surface area contributed by atoms with Crippen molar-refractivity contribution in [2.24, 2.45) is 5.92 Å². The van der Waals surface area contributed by atoms with Crippen LogP contribution in [0.4, 0.5) is 4.39 Å². The van der Waals surface area contributed by atoms with Crippen molar-refractivity contribution in [1.29, 1.82) is 0 Å². The maximum Gasteiger partial charge on any atom is 0.126 e. The van der Waals surface area contributed by atoms with Crippen LogP contribution in [0.25, 0.3) is 0 Å². The predicted molar refractivity (Wildman–Crippen MR) is 69.5 cm³/mol. The number of ether oxygens (including phenoxy) is 1. The van der Waals surface area contributed by atoms with Gasteiger partial charge < -0.3 is 10.1 Å². The topological polar surface area (TPSA) is 21.3 Å². The van der Waals surface area contributed by atoms with Crippen LogP contribution >= 0.6 is 0 Å². The van der Waals surface area contributed by atoms with Crippen LogP contribution < -0.4 is 10.1 Å². The number of benzene rings is 1. The highest BCUT2D eigenvalue weighted by molar-refractivity contribution is 5.32. The molecular weight excluding hydrogens is 229 g/mol. The quantitative estimate of drug-likeness (QED) is 0.885. The van der Waals surface area contributed by atoms with Gasteiger partial charge in [0.15, 0.2) is 0 Å². The van der Waals surface area contributed by atoms with Gasteiger partial charge in [-0.15, -0.1) is 0 Å². The van der Waals surface area contributed by atoms with E-state index in [0.29, 0.717) is 5.92 Å². The molecule has 1 aliphatic heterocycles. The molecular formula is C15H20FNO. The van der Waals surface area contributed by atoms with Crippen molar-refractivity contribution in [1.82, 2.24) is 5.32 Å². The zero-order valence-corrected chi connectivity index (χ0v) is 10.6. The average molecular weight is 249 g/mol. The Hall–Kier alpha value is -1.09. The molecule has 1 aromatic carbocycles. The largest absolute Gasteiger partial charge is 0.493 e. The van der Waals surface area contributed by atoms with Gasteiger partial charge in [-0.05, 0) is 74.4 Å². The monoisotopic (exact) mass is 249 g/mol. The van der Waals surface area contributed by atoms with Crippen molar-refractivity contribution in [3.63, 3.8) is 0 Å². The molecule has 0 spiro atoms. The molecule has 18 heavy (non-hydrogen) atoms. The van der Waals surface area contributed by atoms with Gasteiger partial charge in [0.2, 0.25) is 0 Å². The highest BCUT2D eigenvalue weighted by atomic mass is 19.1. The second kappa shape index (κ2) is 5.27. The van der Waals surface area contributed by atoms with Gasteiger partial charge in [-0.3, -0.25) is 0 Å². The van der Waals surface area contributed by atoms with Gasteiger partial charge in [0, 0.05) is 0 Å². The number of hydrogen-bond donors (Lipinski definition) is 1. The highest BCUT2D eigenvalue weighted by Crippen LogP contribution is 2.32. The Balaban J connectivity index is 1.71. The molecule has 3 heteroatoms. The average Bonchev–Trinajstić information content (AvgIpc) is 3.23. The summed E-state index contributed by atoms with van der Waals surface area (Å²) < 4.78 is 19.6. The van der Waals surface area contributed by atoms with Gasteiger partial charge in [0.25, 0.3) is 0 Å². The molecule has 2 fully saturated rings. The Morgan fingerprint density at radius 1 is 1.17 bits per heavy atom. The Morgan fingerprint density at radius 2 is 1.94 bits per heavy atom. The van der Waals surface area contributed by atoms with Gasteiger partial charge in [-0.1, -0.05) is 0 Å². The minimum atomic E-state index is -0.0827. The molecule has 3 rings (SSSR count). The molecule has 0 atom stereocenters. The zero-order valence-electron chi connectivity index (χ0n) is 10.6. The normalized spacial score (nSPS) is 20.9. The SMILES string of the molecule is Fc1ccc(OCC2CC2)cc1C1CCNCC1. The molecule has 2 nitrogen and oxygen atoms in total. The highest BCUT2D eigenvalue weighted by Gasteiger charge is 2.23. The fourth-order valence-corrected chi connectivity index (χ4v) is 2.56. The molecule has 0 radical (unpaired) electrons. The van der Waals surface area contributed by atoms with Gasteiger partial charge in [0.05, 0.1) is 6.61 Å². The first kappa shape index (κ1) is 12.0. The summed E-state index contributed by atoms with van der Waals surface area (Å²) in [6.07, 6.45) is 4.59. The molecule has 1 saturated carbocycles. The van der Waals surface area contributed by atoms with E-state index in [1.807, 2.05) is 6.07 Å². The van der Waals surface area contributed by atoms with Gasteiger partial charge in [0.1, 0.15) is 11.6 Å². The molecule has 1 aliphatic carbocycles. The van der Waals surface area contributed by atoms with Crippen LogP contribution in [0.15, 0.2) is 18.2 Å². The lowest BCUT2D eigenvalue weighted by molar-refractivity contribution is 0.298. The molecule has 0 unspecified atom stereocenters. The lowest BCUT2D eigenvalue weighted by Crippen LogP contribution is -2.27. The lowest BCUT2D eigenvalue weighted by atomic mass is 9.90. The number of piperidine rings is 1. The summed E-state index contributed by atoms with van der Waals surface area (Å²) in [4.78, 5) is 0. The van der Waals surface area contributed by atoms with Crippen LogP contribution in [-0.4, -0.2) is 19.7 Å². The molecule has 1 saturated heterocycles. The van der Waals surface area contributed by atoms with Gasteiger partial charge in [-0.25, -0.2) is 4.39 Å². The fourth-order valence-electron chi connectivity index (χ4n) is 2.56. The van der Waals surface area contributed by atoms with Gasteiger partial charge in [-0.2, -0.15) is 0 Å². The van der Waals surface area contributed by atoms with Crippen molar-refractivity contribution in [3.8, 4) is 5.75 Å². The van der Waals surface area contributed by atoms with E-state index < -0.39 is 0 Å². The second-order valence-electron chi connectivity index (χ2n) is 5.46. The standard InChI is InChI=1S/C15H20FNO/c16-15-4-3-13(18-10-11-1-2-11)9-14(15)12-5-7-17-8-6-12/h3-4,9,11-12,17H,1-2,5-8,10H2. The molecule has 0 amide bonds. The molecule has 1 N–H and O–H groups in total. The van der Waals surface area contributed by atoms with E-state index in [0.717, 1.165) is 49.8 Å². The third-order valence-corrected chi connectivity index (χ3v) is 3.93. The van der Waals surface area contributed by atoms with Crippen LogP contribution in [0.2, 0.25) is 0 Å². The first-order chi connectivity index (χ1) is 8.83. The van der Waals surface area contributed by atoms with Crippen molar-refractivity contribution in [2.75, 3.05) is 19.7 Å². The van der Waals surface area contributed by atoms with E-state index in [2.05, 4.69) is 5.32 Å². The van der Waals surface area contributed by atoms with Crippen LogP contribution in [0.5, 0.6) is 5.75 Å². The number of hydrogen-bond acceptors (Lipinski definition) is 2. The molecule has 0 aromatic heterocycles. The van der Waals surface area contributed by atoms with Crippen LogP contribution in [0.1, 0.15) is 37.2 Å².